The minimum absolute atomic E-state index is 0.113. The molecule has 40 heavy (non-hydrogen) atoms. The summed E-state index contributed by atoms with van der Waals surface area (Å²) in [6, 6.07) is 30.5. The van der Waals surface area contributed by atoms with Crippen molar-refractivity contribution in [3.8, 4) is 17.4 Å². The Morgan fingerprint density at radius 3 is 2.58 bits per heavy atom. The van der Waals surface area contributed by atoms with Crippen LogP contribution in [0.3, 0.4) is 0 Å². The zero-order valence-corrected chi connectivity index (χ0v) is 22.0. The lowest BCUT2D eigenvalue weighted by Gasteiger charge is -2.28. The van der Waals surface area contributed by atoms with Crippen molar-refractivity contribution in [2.45, 2.75) is 19.4 Å². The lowest BCUT2D eigenvalue weighted by atomic mass is 9.83. The minimum Gasteiger partial charge on any atom is -0.497 e. The van der Waals surface area contributed by atoms with Gasteiger partial charge >= 0.3 is 0 Å². The Labute approximate surface area is 230 Å². The fourth-order valence-corrected chi connectivity index (χ4v) is 5.22. The van der Waals surface area contributed by atoms with Crippen LogP contribution in [0.4, 0.5) is 0 Å². The smallest absolute Gasteiger partial charge is 0.228 e. The van der Waals surface area contributed by atoms with Crippen LogP contribution in [-0.2, 0) is 11.4 Å². The van der Waals surface area contributed by atoms with Crippen molar-refractivity contribution in [3.63, 3.8) is 0 Å². The molecule has 196 valence electrons. The molecule has 0 spiro atoms. The Bertz CT molecular complexity index is 1880. The first-order valence-corrected chi connectivity index (χ1v) is 13.0. The number of hydrogen-bond acceptors (Lipinski definition) is 7. The summed E-state index contributed by atoms with van der Waals surface area (Å²) in [7, 11) is 1.64. The maximum absolute atomic E-state index is 6.48. The summed E-state index contributed by atoms with van der Waals surface area (Å²) >= 11 is 0. The van der Waals surface area contributed by atoms with Crippen LogP contribution in [0.2, 0.25) is 0 Å². The van der Waals surface area contributed by atoms with Crippen molar-refractivity contribution in [1.29, 1.82) is 0 Å². The summed E-state index contributed by atoms with van der Waals surface area (Å²) in [4.78, 5) is 15.2. The van der Waals surface area contributed by atoms with Gasteiger partial charge in [0.1, 0.15) is 17.8 Å². The molecule has 1 aliphatic heterocycles. The molecule has 2 aromatic heterocycles. The van der Waals surface area contributed by atoms with Crippen LogP contribution in [0.1, 0.15) is 40.9 Å². The maximum atomic E-state index is 6.48. The third kappa shape index (κ3) is 4.10. The van der Waals surface area contributed by atoms with Gasteiger partial charge in [0.2, 0.25) is 5.88 Å². The first-order valence-electron chi connectivity index (χ1n) is 13.0. The van der Waals surface area contributed by atoms with Crippen LogP contribution in [0.15, 0.2) is 102 Å². The van der Waals surface area contributed by atoms with Crippen LogP contribution in [0.25, 0.3) is 16.4 Å². The molecular weight excluding hydrogens is 502 g/mol. The van der Waals surface area contributed by atoms with E-state index in [1.165, 1.54) is 0 Å². The number of fused-ring (bicyclic) bond motifs is 6. The second-order valence-electron chi connectivity index (χ2n) is 9.59. The van der Waals surface area contributed by atoms with E-state index in [1.807, 2.05) is 61.5 Å². The summed E-state index contributed by atoms with van der Waals surface area (Å²) in [5.41, 5.74) is 5.41. The van der Waals surface area contributed by atoms with Gasteiger partial charge in [-0.25, -0.2) is 14.5 Å². The van der Waals surface area contributed by atoms with E-state index in [9.17, 15) is 0 Å². The predicted molar refractivity (Wildman–Crippen MR) is 152 cm³/mol. The van der Waals surface area contributed by atoms with Crippen molar-refractivity contribution in [2.24, 2.45) is 5.16 Å². The predicted octanol–water partition coefficient (Wildman–Crippen LogP) is 6.51. The lowest BCUT2D eigenvalue weighted by Crippen LogP contribution is -2.15. The Morgan fingerprint density at radius 2 is 1.75 bits per heavy atom. The average molecular weight is 528 g/mol. The highest BCUT2D eigenvalue weighted by atomic mass is 16.6. The van der Waals surface area contributed by atoms with E-state index < -0.39 is 0 Å². The van der Waals surface area contributed by atoms with E-state index in [0.29, 0.717) is 17.4 Å². The van der Waals surface area contributed by atoms with Gasteiger partial charge < -0.3 is 14.3 Å². The molecule has 8 heteroatoms. The molecule has 0 radical (unpaired) electrons. The molecule has 0 bridgehead atoms. The van der Waals surface area contributed by atoms with Gasteiger partial charge in [-0.2, -0.15) is 0 Å². The SMILES string of the molecule is COc1ccc(C(C)=NOCc2nc3c4c(ncn3n2)Oc2c(ccc3ccccc23)C4c2ccccc2)cc1. The number of aromatic nitrogens is 4. The number of benzene rings is 4. The minimum atomic E-state index is -0.130. The van der Waals surface area contributed by atoms with Crippen molar-refractivity contribution < 1.29 is 14.3 Å². The number of methoxy groups -OCH3 is 1. The zero-order chi connectivity index (χ0) is 27.1. The average Bonchev–Trinajstić information content (AvgIpc) is 3.43. The molecule has 0 fully saturated rings. The molecule has 6 aromatic rings. The van der Waals surface area contributed by atoms with Crippen LogP contribution in [-0.4, -0.2) is 32.4 Å². The zero-order valence-electron chi connectivity index (χ0n) is 22.0. The molecule has 8 nitrogen and oxygen atoms in total. The van der Waals surface area contributed by atoms with Gasteiger partial charge in [0.25, 0.3) is 0 Å². The van der Waals surface area contributed by atoms with E-state index in [4.69, 9.17) is 19.3 Å². The van der Waals surface area contributed by atoms with Gasteiger partial charge in [-0.05, 0) is 47.7 Å². The molecule has 7 rings (SSSR count). The molecule has 3 heterocycles. The Morgan fingerprint density at radius 1 is 0.950 bits per heavy atom. The van der Waals surface area contributed by atoms with Crippen molar-refractivity contribution in [3.05, 3.63) is 125 Å². The molecule has 0 amide bonds. The molecule has 0 saturated carbocycles. The normalized spacial score (nSPS) is 14.4. The first-order chi connectivity index (χ1) is 19.7. The van der Waals surface area contributed by atoms with E-state index in [-0.39, 0.29) is 12.5 Å². The summed E-state index contributed by atoms with van der Waals surface area (Å²) < 4.78 is 13.4. The van der Waals surface area contributed by atoms with E-state index >= 15 is 0 Å². The Kier molecular flexibility index (Phi) is 5.85. The second kappa shape index (κ2) is 9.81. The largest absolute Gasteiger partial charge is 0.497 e. The quantitative estimate of drug-likeness (QED) is 0.181. The first kappa shape index (κ1) is 23.8. The van der Waals surface area contributed by atoms with Gasteiger partial charge in [0.05, 0.1) is 18.4 Å². The van der Waals surface area contributed by atoms with Crippen molar-refractivity contribution in [2.75, 3.05) is 7.11 Å². The van der Waals surface area contributed by atoms with E-state index in [2.05, 4.69) is 51.6 Å². The monoisotopic (exact) mass is 527 g/mol. The van der Waals surface area contributed by atoms with Crippen LogP contribution in [0.5, 0.6) is 17.4 Å². The second-order valence-corrected chi connectivity index (χ2v) is 9.59. The van der Waals surface area contributed by atoms with Crippen molar-refractivity contribution >= 4 is 22.1 Å². The maximum Gasteiger partial charge on any atom is 0.228 e. The van der Waals surface area contributed by atoms with Crippen molar-refractivity contribution in [1.82, 2.24) is 19.6 Å². The fraction of sp³-hybridized carbons (Fsp3) is 0.125. The molecule has 0 saturated heterocycles. The molecule has 1 aliphatic rings. The number of ether oxygens (including phenoxy) is 2. The number of rotatable bonds is 6. The third-order valence-corrected chi connectivity index (χ3v) is 7.18. The van der Waals surface area contributed by atoms with Gasteiger partial charge in [0, 0.05) is 16.9 Å². The fourth-order valence-electron chi connectivity index (χ4n) is 5.22. The standard InChI is InChI=1S/C32H25N5O3/c1-20(21-12-15-24(38-2)16-13-21)36-39-18-27-34-31-29-28(23-9-4-3-5-10-23)26-17-14-22-8-6-7-11-25(22)30(26)40-32(29)33-19-37(31)35-27/h3-17,19,28H,18H2,1-2H3. The van der Waals surface area contributed by atoms with Crippen LogP contribution >= 0.6 is 0 Å². The highest BCUT2D eigenvalue weighted by Gasteiger charge is 2.34. The number of hydrogen-bond donors (Lipinski definition) is 0. The summed E-state index contributed by atoms with van der Waals surface area (Å²) in [5.74, 6) is 2.50. The molecule has 1 atom stereocenters. The van der Waals surface area contributed by atoms with Gasteiger partial charge in [-0.3, -0.25) is 0 Å². The van der Waals surface area contributed by atoms with Gasteiger partial charge in [0.15, 0.2) is 18.1 Å². The molecule has 0 aliphatic carbocycles. The van der Waals surface area contributed by atoms with Crippen LogP contribution in [0, 0.1) is 0 Å². The topological polar surface area (TPSA) is 83.1 Å². The lowest BCUT2D eigenvalue weighted by molar-refractivity contribution is 0.125. The molecule has 0 N–H and O–H groups in total. The Balaban J connectivity index is 1.26. The highest BCUT2D eigenvalue weighted by Crippen LogP contribution is 2.50. The summed E-state index contributed by atoms with van der Waals surface area (Å²) in [6.07, 6.45) is 1.63. The Hall–Kier alpha value is -5.24. The van der Waals surface area contributed by atoms with Gasteiger partial charge in [-0.15, -0.1) is 5.10 Å². The number of oxime groups is 1. The third-order valence-electron chi connectivity index (χ3n) is 7.18. The summed E-state index contributed by atoms with van der Waals surface area (Å²) in [5, 5.41) is 11.1. The highest BCUT2D eigenvalue weighted by molar-refractivity contribution is 5.98. The van der Waals surface area contributed by atoms with Crippen LogP contribution < -0.4 is 9.47 Å². The molecule has 1 unspecified atom stereocenters. The van der Waals surface area contributed by atoms with E-state index in [1.54, 1.807) is 18.0 Å². The summed E-state index contributed by atoms with van der Waals surface area (Å²) in [6.45, 7) is 2.00. The molecular formula is C32H25N5O3. The van der Waals surface area contributed by atoms with E-state index in [0.717, 1.165) is 50.2 Å². The molecule has 4 aromatic carbocycles. The number of nitrogens with zero attached hydrogens (tertiary/aromatic N) is 5. The van der Waals surface area contributed by atoms with Gasteiger partial charge in [-0.1, -0.05) is 71.9 Å².